The minimum atomic E-state index is -0.728. The van der Waals surface area contributed by atoms with Crippen LogP contribution in [0.15, 0.2) is 78.1 Å². The van der Waals surface area contributed by atoms with Crippen LogP contribution in [0.1, 0.15) is 25.3 Å². The second-order valence-corrected chi connectivity index (χ2v) is 6.34. The molecule has 5 nitrogen and oxygen atoms in total. The van der Waals surface area contributed by atoms with E-state index in [4.69, 9.17) is 9.47 Å². The van der Waals surface area contributed by atoms with E-state index in [2.05, 4.69) is 0 Å². The van der Waals surface area contributed by atoms with Gasteiger partial charge in [0.05, 0.1) is 30.3 Å². The number of carbonyl (C=O) groups is 2. The van der Waals surface area contributed by atoms with Gasteiger partial charge in [-0.1, -0.05) is 30.3 Å². The highest BCUT2D eigenvalue weighted by Crippen LogP contribution is 2.38. The lowest BCUT2D eigenvalue weighted by molar-refractivity contribution is -0.139. The number of hydrogen-bond donors (Lipinski definition) is 0. The van der Waals surface area contributed by atoms with Crippen molar-refractivity contribution in [1.29, 1.82) is 0 Å². The first-order valence-corrected chi connectivity index (χ1v) is 9.41. The van der Waals surface area contributed by atoms with Crippen LogP contribution in [0.25, 0.3) is 0 Å². The first-order chi connectivity index (χ1) is 14.0. The Labute approximate surface area is 169 Å². The summed E-state index contributed by atoms with van der Waals surface area (Å²) in [5, 5.41) is 0. The van der Waals surface area contributed by atoms with Crippen LogP contribution in [-0.2, 0) is 19.1 Å². The summed E-state index contributed by atoms with van der Waals surface area (Å²) in [5.74, 6) is -2.22. The lowest BCUT2D eigenvalue weighted by Crippen LogP contribution is -2.29. The number of ether oxygens (including phenoxy) is 2. The number of halogens is 1. The van der Waals surface area contributed by atoms with Gasteiger partial charge in [-0.2, -0.15) is 0 Å². The van der Waals surface area contributed by atoms with Gasteiger partial charge in [0.15, 0.2) is 0 Å². The van der Waals surface area contributed by atoms with Crippen molar-refractivity contribution in [2.45, 2.75) is 19.8 Å². The number of benzene rings is 2. The molecule has 0 bridgehead atoms. The average Bonchev–Trinajstić information content (AvgIpc) is 2.74. The van der Waals surface area contributed by atoms with Crippen LogP contribution in [-0.4, -0.2) is 25.2 Å². The van der Waals surface area contributed by atoms with E-state index in [1.165, 1.54) is 12.1 Å². The Hall–Kier alpha value is -3.41. The zero-order chi connectivity index (χ0) is 20.8. The van der Waals surface area contributed by atoms with Gasteiger partial charge in [-0.25, -0.2) is 14.0 Å². The minimum Gasteiger partial charge on any atom is -0.463 e. The molecule has 0 fully saturated rings. The summed E-state index contributed by atoms with van der Waals surface area (Å²) in [7, 11) is 0. The second-order valence-electron chi connectivity index (χ2n) is 6.34. The molecule has 0 aromatic heterocycles. The highest BCUT2D eigenvalue weighted by atomic mass is 19.1. The molecule has 0 atom stereocenters. The van der Waals surface area contributed by atoms with Gasteiger partial charge in [0.2, 0.25) is 0 Å². The van der Waals surface area contributed by atoms with Gasteiger partial charge in [0.25, 0.3) is 0 Å². The number of nitrogens with zero attached hydrogens (tertiary/aromatic N) is 1. The van der Waals surface area contributed by atoms with Crippen LogP contribution in [0.4, 0.5) is 10.1 Å². The first kappa shape index (κ1) is 20.3. The normalized spacial score (nSPS) is 14.1. The molecule has 0 aliphatic carbocycles. The van der Waals surface area contributed by atoms with Gasteiger partial charge < -0.3 is 14.4 Å². The Morgan fingerprint density at radius 1 is 0.862 bits per heavy atom. The summed E-state index contributed by atoms with van der Waals surface area (Å²) in [4.78, 5) is 27.3. The first-order valence-electron chi connectivity index (χ1n) is 9.41. The van der Waals surface area contributed by atoms with E-state index in [-0.39, 0.29) is 24.4 Å². The van der Waals surface area contributed by atoms with Crippen molar-refractivity contribution in [1.82, 2.24) is 0 Å². The number of carbonyl (C=O) groups excluding carboxylic acids is 2. The molecule has 1 aliphatic heterocycles. The molecule has 1 aliphatic rings. The molecule has 6 heteroatoms. The van der Waals surface area contributed by atoms with E-state index in [9.17, 15) is 14.0 Å². The fraction of sp³-hybridized carbons (Fsp3) is 0.217. The van der Waals surface area contributed by atoms with Crippen molar-refractivity contribution in [3.8, 4) is 0 Å². The predicted octanol–water partition coefficient (Wildman–Crippen LogP) is 4.32. The number of hydrogen-bond acceptors (Lipinski definition) is 5. The highest BCUT2D eigenvalue weighted by Gasteiger charge is 2.35. The minimum absolute atomic E-state index is 0.191. The highest BCUT2D eigenvalue weighted by molar-refractivity contribution is 6.00. The summed E-state index contributed by atoms with van der Waals surface area (Å²) in [6.45, 7) is 3.81. The molecule has 0 radical (unpaired) electrons. The van der Waals surface area contributed by atoms with E-state index in [1.54, 1.807) is 43.3 Å². The van der Waals surface area contributed by atoms with Gasteiger partial charge in [0.1, 0.15) is 5.82 Å². The number of esters is 2. The fourth-order valence-corrected chi connectivity index (χ4v) is 3.19. The molecule has 0 unspecified atom stereocenters. The monoisotopic (exact) mass is 395 g/mol. The molecule has 0 N–H and O–H groups in total. The molecule has 150 valence electrons. The standard InChI is InChI=1S/C23H22FNO4/c1-3-28-22(26)19-14-25(18-8-6-5-7-9-18)15-20(23(27)29-4-2)21(19)16-10-12-17(24)13-11-16/h5-15,21H,3-4H2,1-2H3. The van der Waals surface area contributed by atoms with Crippen molar-refractivity contribution < 1.29 is 23.5 Å². The molecule has 0 saturated carbocycles. The van der Waals surface area contributed by atoms with Crippen LogP contribution in [0.2, 0.25) is 0 Å². The van der Waals surface area contributed by atoms with Crippen molar-refractivity contribution >= 4 is 17.6 Å². The van der Waals surface area contributed by atoms with Gasteiger partial charge in [-0.05, 0) is 43.7 Å². The maximum absolute atomic E-state index is 13.5. The topological polar surface area (TPSA) is 55.8 Å². The molecular formula is C23H22FNO4. The smallest absolute Gasteiger partial charge is 0.336 e. The number of anilines is 1. The van der Waals surface area contributed by atoms with Gasteiger partial charge in [-0.3, -0.25) is 0 Å². The molecule has 0 saturated heterocycles. The maximum atomic E-state index is 13.5. The Balaban J connectivity index is 2.15. The summed E-state index contributed by atoms with van der Waals surface area (Å²) in [5.41, 5.74) is 1.91. The zero-order valence-electron chi connectivity index (χ0n) is 16.3. The van der Waals surface area contributed by atoms with Crippen LogP contribution < -0.4 is 4.90 Å². The van der Waals surface area contributed by atoms with Crippen molar-refractivity contribution in [3.63, 3.8) is 0 Å². The number of para-hydroxylation sites is 1. The van der Waals surface area contributed by atoms with Crippen molar-refractivity contribution in [2.75, 3.05) is 18.1 Å². The molecule has 2 aromatic carbocycles. The molecular weight excluding hydrogens is 373 g/mol. The molecule has 3 rings (SSSR count). The molecule has 0 spiro atoms. The van der Waals surface area contributed by atoms with Gasteiger partial charge in [0, 0.05) is 18.1 Å². The number of rotatable bonds is 6. The van der Waals surface area contributed by atoms with E-state index in [0.29, 0.717) is 5.56 Å². The van der Waals surface area contributed by atoms with Crippen molar-refractivity contribution in [3.05, 3.63) is 89.5 Å². The largest absolute Gasteiger partial charge is 0.463 e. The average molecular weight is 395 g/mol. The predicted molar refractivity (Wildman–Crippen MR) is 107 cm³/mol. The summed E-state index contributed by atoms with van der Waals surface area (Å²) in [6.07, 6.45) is 3.29. The maximum Gasteiger partial charge on any atom is 0.336 e. The van der Waals surface area contributed by atoms with Gasteiger partial charge in [-0.15, -0.1) is 0 Å². The lowest BCUT2D eigenvalue weighted by atomic mass is 9.83. The second kappa shape index (κ2) is 9.19. The molecule has 0 amide bonds. The quantitative estimate of drug-likeness (QED) is 0.682. The van der Waals surface area contributed by atoms with Crippen LogP contribution in [0.3, 0.4) is 0 Å². The van der Waals surface area contributed by atoms with E-state index in [0.717, 1.165) is 5.69 Å². The Morgan fingerprint density at radius 2 is 1.38 bits per heavy atom. The molecule has 29 heavy (non-hydrogen) atoms. The summed E-state index contributed by atoms with van der Waals surface area (Å²) in [6, 6.07) is 15.0. The third kappa shape index (κ3) is 4.54. The zero-order valence-corrected chi connectivity index (χ0v) is 16.3. The molecule has 2 aromatic rings. The SMILES string of the molecule is CCOC(=O)C1=CN(c2ccccc2)C=C(C(=O)OCC)C1c1ccc(F)cc1. The van der Waals surface area contributed by atoms with Crippen LogP contribution >= 0.6 is 0 Å². The third-order valence-electron chi connectivity index (χ3n) is 4.46. The van der Waals surface area contributed by atoms with Crippen LogP contribution in [0.5, 0.6) is 0 Å². The van der Waals surface area contributed by atoms with E-state index >= 15 is 0 Å². The van der Waals surface area contributed by atoms with E-state index in [1.807, 2.05) is 30.3 Å². The van der Waals surface area contributed by atoms with Crippen molar-refractivity contribution in [2.24, 2.45) is 0 Å². The third-order valence-corrected chi connectivity index (χ3v) is 4.46. The van der Waals surface area contributed by atoms with E-state index < -0.39 is 23.7 Å². The Kier molecular flexibility index (Phi) is 6.44. The fourth-order valence-electron chi connectivity index (χ4n) is 3.19. The molecule has 1 heterocycles. The summed E-state index contributed by atoms with van der Waals surface area (Å²) >= 11 is 0. The van der Waals surface area contributed by atoms with Gasteiger partial charge >= 0.3 is 11.9 Å². The lowest BCUT2D eigenvalue weighted by Gasteiger charge is -2.30. The Bertz CT molecular complexity index is 899. The van der Waals surface area contributed by atoms with Crippen LogP contribution in [0, 0.1) is 5.82 Å². The summed E-state index contributed by atoms with van der Waals surface area (Å²) < 4.78 is 24.0. The Morgan fingerprint density at radius 3 is 1.86 bits per heavy atom.